The Balaban J connectivity index is 1.84. The smallest absolute Gasteiger partial charge is 0.263 e. The molecule has 1 fully saturated rings. The number of aryl methyl sites for hydroxylation is 2. The van der Waals surface area contributed by atoms with E-state index in [1.165, 1.54) is 11.3 Å². The molecule has 22 heavy (non-hydrogen) atoms. The highest BCUT2D eigenvalue weighted by Gasteiger charge is 2.40. The molecule has 1 N–H and O–H groups in total. The van der Waals surface area contributed by atoms with E-state index in [4.69, 9.17) is 11.6 Å². The van der Waals surface area contributed by atoms with E-state index in [0.717, 1.165) is 51.8 Å². The van der Waals surface area contributed by atoms with Crippen molar-refractivity contribution in [3.63, 3.8) is 0 Å². The summed E-state index contributed by atoms with van der Waals surface area (Å²) in [5, 5.41) is 4.98. The maximum Gasteiger partial charge on any atom is 0.263 e. The minimum atomic E-state index is -0.246. The zero-order valence-electron chi connectivity index (χ0n) is 12.8. The molecular formula is C17H19ClN2OS. The van der Waals surface area contributed by atoms with Crippen LogP contribution in [0.2, 0.25) is 5.02 Å². The number of carbonyl (C=O) groups is 1. The molecule has 0 aliphatic heterocycles. The molecule has 0 radical (unpaired) electrons. The Kier molecular flexibility index (Phi) is 4.24. The largest absolute Gasteiger partial charge is 0.342 e. The lowest BCUT2D eigenvalue weighted by molar-refractivity contribution is 0.0827. The number of hydrogen-bond acceptors (Lipinski definition) is 3. The number of halogens is 1. The molecule has 1 saturated carbocycles. The van der Waals surface area contributed by atoms with E-state index in [1.807, 2.05) is 31.2 Å². The topological polar surface area (TPSA) is 42.0 Å². The van der Waals surface area contributed by atoms with Gasteiger partial charge in [-0.1, -0.05) is 30.7 Å². The van der Waals surface area contributed by atoms with Gasteiger partial charge in [0, 0.05) is 5.02 Å². The van der Waals surface area contributed by atoms with E-state index < -0.39 is 0 Å². The zero-order chi connectivity index (χ0) is 15.7. The molecule has 0 bridgehead atoms. The molecule has 1 aromatic heterocycles. The van der Waals surface area contributed by atoms with Crippen molar-refractivity contribution in [1.82, 2.24) is 10.3 Å². The molecule has 3 nitrogen and oxygen atoms in total. The van der Waals surface area contributed by atoms with Crippen molar-refractivity contribution in [3.8, 4) is 0 Å². The molecule has 116 valence electrons. The quantitative estimate of drug-likeness (QED) is 0.895. The van der Waals surface area contributed by atoms with Crippen LogP contribution in [0.1, 0.15) is 52.1 Å². The summed E-state index contributed by atoms with van der Waals surface area (Å²) in [5.41, 5.74) is 1.71. The first kappa shape index (κ1) is 15.5. The second-order valence-corrected chi connectivity index (χ2v) is 7.29. The maximum absolute atomic E-state index is 12.7. The van der Waals surface area contributed by atoms with E-state index >= 15 is 0 Å². The summed E-state index contributed by atoms with van der Waals surface area (Å²) < 4.78 is 0. The normalized spacial score (nSPS) is 16.1. The Bertz CT molecular complexity index is 689. The van der Waals surface area contributed by atoms with Gasteiger partial charge in [-0.15, -0.1) is 11.3 Å². The van der Waals surface area contributed by atoms with Gasteiger partial charge < -0.3 is 5.32 Å². The van der Waals surface area contributed by atoms with E-state index in [2.05, 4.69) is 17.2 Å². The number of rotatable bonds is 4. The zero-order valence-corrected chi connectivity index (χ0v) is 14.4. The molecule has 1 aromatic carbocycles. The highest BCUT2D eigenvalue weighted by atomic mass is 35.5. The number of hydrogen-bond donors (Lipinski definition) is 1. The van der Waals surface area contributed by atoms with Crippen molar-refractivity contribution in [2.24, 2.45) is 0 Å². The van der Waals surface area contributed by atoms with E-state index in [1.54, 1.807) is 0 Å². The second kappa shape index (κ2) is 6.01. The van der Waals surface area contributed by atoms with Gasteiger partial charge in [0.15, 0.2) is 0 Å². The van der Waals surface area contributed by atoms with Crippen LogP contribution in [0.15, 0.2) is 24.3 Å². The van der Waals surface area contributed by atoms with Crippen LogP contribution in [-0.2, 0) is 12.0 Å². The summed E-state index contributed by atoms with van der Waals surface area (Å²) >= 11 is 7.47. The van der Waals surface area contributed by atoms with Gasteiger partial charge in [-0.2, -0.15) is 0 Å². The molecule has 1 amide bonds. The highest BCUT2D eigenvalue weighted by Crippen LogP contribution is 2.42. The van der Waals surface area contributed by atoms with Crippen LogP contribution in [0.25, 0.3) is 0 Å². The number of nitrogens with one attached hydrogen (secondary N) is 1. The summed E-state index contributed by atoms with van der Waals surface area (Å²) in [4.78, 5) is 17.9. The first-order valence-corrected chi connectivity index (χ1v) is 8.78. The van der Waals surface area contributed by atoms with Gasteiger partial charge in [0.05, 0.1) is 16.2 Å². The Morgan fingerprint density at radius 1 is 1.36 bits per heavy atom. The second-order valence-electron chi connectivity index (χ2n) is 5.77. The molecule has 0 unspecified atom stereocenters. The third-order valence-corrected chi connectivity index (χ3v) is 5.86. The molecule has 5 heteroatoms. The number of carbonyl (C=O) groups excluding carboxylic acids is 1. The van der Waals surface area contributed by atoms with Crippen LogP contribution in [0.3, 0.4) is 0 Å². The summed E-state index contributed by atoms with van der Waals surface area (Å²) in [7, 11) is 0. The molecule has 0 saturated heterocycles. The Hall–Kier alpha value is -1.39. The van der Waals surface area contributed by atoms with Gasteiger partial charge >= 0.3 is 0 Å². The van der Waals surface area contributed by atoms with Crippen molar-refractivity contribution >= 4 is 28.8 Å². The third-order valence-electron chi connectivity index (χ3n) is 4.31. The number of nitrogens with zero attached hydrogens (tertiary/aromatic N) is 1. The molecule has 0 spiro atoms. The highest BCUT2D eigenvalue weighted by molar-refractivity contribution is 7.13. The fourth-order valence-corrected chi connectivity index (χ4v) is 3.90. The summed E-state index contributed by atoms with van der Waals surface area (Å²) in [6, 6.07) is 7.80. The van der Waals surface area contributed by atoms with Crippen LogP contribution >= 0.6 is 22.9 Å². The predicted molar refractivity (Wildman–Crippen MR) is 90.7 cm³/mol. The van der Waals surface area contributed by atoms with Crippen LogP contribution in [-0.4, -0.2) is 10.9 Å². The fourth-order valence-electron chi connectivity index (χ4n) is 2.87. The standard InChI is InChI=1S/C17H19ClN2OS/c1-3-14-19-11(2)15(22-14)16(21)20-17(9-4-10-17)12-5-7-13(18)8-6-12/h5-8H,3-4,9-10H2,1-2H3,(H,20,21). The lowest BCUT2D eigenvalue weighted by Crippen LogP contribution is -2.50. The summed E-state index contributed by atoms with van der Waals surface area (Å²) in [5.74, 6) is -0.00986. The maximum atomic E-state index is 12.7. The number of benzene rings is 1. The number of amides is 1. The van der Waals surface area contributed by atoms with Gasteiger partial charge in [0.25, 0.3) is 5.91 Å². The lowest BCUT2D eigenvalue weighted by Gasteiger charge is -2.43. The van der Waals surface area contributed by atoms with E-state index in [-0.39, 0.29) is 11.4 Å². The van der Waals surface area contributed by atoms with Crippen molar-refractivity contribution in [2.75, 3.05) is 0 Å². The average Bonchev–Trinajstić information content (AvgIpc) is 2.85. The van der Waals surface area contributed by atoms with Gasteiger partial charge in [0.2, 0.25) is 0 Å². The fraction of sp³-hybridized carbons (Fsp3) is 0.412. The van der Waals surface area contributed by atoms with E-state index in [0.29, 0.717) is 0 Å². The first-order chi connectivity index (χ1) is 10.5. The van der Waals surface area contributed by atoms with Crippen molar-refractivity contribution < 1.29 is 4.79 Å². The molecule has 1 aliphatic carbocycles. The Morgan fingerprint density at radius 2 is 2.05 bits per heavy atom. The van der Waals surface area contributed by atoms with Gasteiger partial charge in [-0.25, -0.2) is 4.98 Å². The van der Waals surface area contributed by atoms with Crippen molar-refractivity contribution in [2.45, 2.75) is 45.1 Å². The molecular weight excluding hydrogens is 316 g/mol. The number of thiazole rings is 1. The SMILES string of the molecule is CCc1nc(C)c(C(=O)NC2(c3ccc(Cl)cc3)CCC2)s1. The van der Waals surface area contributed by atoms with Crippen LogP contribution in [0.4, 0.5) is 0 Å². The van der Waals surface area contributed by atoms with Crippen LogP contribution in [0, 0.1) is 6.92 Å². The molecule has 1 aliphatic rings. The Morgan fingerprint density at radius 3 is 2.55 bits per heavy atom. The first-order valence-electron chi connectivity index (χ1n) is 7.59. The third kappa shape index (κ3) is 2.77. The molecule has 3 rings (SSSR count). The van der Waals surface area contributed by atoms with Crippen molar-refractivity contribution in [1.29, 1.82) is 0 Å². The van der Waals surface area contributed by atoms with E-state index in [9.17, 15) is 4.79 Å². The van der Waals surface area contributed by atoms with Gasteiger partial charge in [0.1, 0.15) is 4.88 Å². The van der Waals surface area contributed by atoms with Crippen LogP contribution < -0.4 is 5.32 Å². The monoisotopic (exact) mass is 334 g/mol. The minimum absolute atomic E-state index is 0.00986. The lowest BCUT2D eigenvalue weighted by atomic mass is 9.71. The number of aromatic nitrogens is 1. The minimum Gasteiger partial charge on any atom is -0.342 e. The Labute approximate surface area is 139 Å². The molecule has 0 atom stereocenters. The molecule has 1 heterocycles. The van der Waals surface area contributed by atoms with Crippen LogP contribution in [0.5, 0.6) is 0 Å². The van der Waals surface area contributed by atoms with Crippen molar-refractivity contribution in [3.05, 3.63) is 50.4 Å². The van der Waals surface area contributed by atoms with Gasteiger partial charge in [-0.05, 0) is 50.3 Å². The molecule has 2 aromatic rings. The van der Waals surface area contributed by atoms with Gasteiger partial charge in [-0.3, -0.25) is 4.79 Å². The summed E-state index contributed by atoms with van der Waals surface area (Å²) in [6.07, 6.45) is 3.93. The average molecular weight is 335 g/mol. The predicted octanol–water partition coefficient (Wildman–Crippen LogP) is 4.48. The summed E-state index contributed by atoms with van der Waals surface area (Å²) in [6.45, 7) is 3.96.